The van der Waals surface area contributed by atoms with Gasteiger partial charge in [0, 0.05) is 32.9 Å². The number of nitrogens with zero attached hydrogens (tertiary/aromatic N) is 2. The smallest absolute Gasteiger partial charge is 0.0541 e. The maximum absolute atomic E-state index is 2.40. The SMILES string of the molecule is Cc1ccccc1-n1c2ccccc2c2cc(-c3ccc(-n4c5ccccc5c5ccccc54)cc3)ccc21. The standard InChI is InChI=1S/C37H26N2/c1-25-10-2-6-14-33(25)39-36-17-9-5-13-31(36)32-24-27(20-23-37(32)39)26-18-21-28(22-19-26)38-34-15-7-3-11-29(34)30-12-4-8-16-35(30)38/h2-24H,1H3. The molecule has 0 unspecified atom stereocenters. The van der Waals surface area contributed by atoms with Crippen molar-refractivity contribution < 1.29 is 0 Å². The highest BCUT2D eigenvalue weighted by Crippen LogP contribution is 2.36. The van der Waals surface area contributed by atoms with Crippen molar-refractivity contribution in [2.24, 2.45) is 0 Å². The normalized spacial score (nSPS) is 11.7. The summed E-state index contributed by atoms with van der Waals surface area (Å²) < 4.78 is 4.77. The molecule has 0 aliphatic heterocycles. The second kappa shape index (κ2) is 8.47. The van der Waals surface area contributed by atoms with Gasteiger partial charge >= 0.3 is 0 Å². The first-order valence-electron chi connectivity index (χ1n) is 13.5. The van der Waals surface area contributed by atoms with Crippen LogP contribution in [-0.2, 0) is 0 Å². The predicted octanol–water partition coefficient (Wildman–Crippen LogP) is 9.86. The van der Waals surface area contributed by atoms with Crippen molar-refractivity contribution in [1.29, 1.82) is 0 Å². The second-order valence-corrected chi connectivity index (χ2v) is 10.3. The van der Waals surface area contributed by atoms with Gasteiger partial charge in [-0.05, 0) is 72.1 Å². The number of aryl methyl sites for hydroxylation is 1. The highest BCUT2D eigenvalue weighted by atomic mass is 15.0. The van der Waals surface area contributed by atoms with Crippen molar-refractivity contribution in [1.82, 2.24) is 9.13 Å². The molecule has 6 aromatic carbocycles. The van der Waals surface area contributed by atoms with Crippen molar-refractivity contribution in [2.45, 2.75) is 6.92 Å². The van der Waals surface area contributed by atoms with Crippen LogP contribution in [0.3, 0.4) is 0 Å². The van der Waals surface area contributed by atoms with Crippen LogP contribution in [0.4, 0.5) is 0 Å². The average Bonchev–Trinajstić information content (AvgIpc) is 3.50. The summed E-state index contributed by atoms with van der Waals surface area (Å²) in [6.45, 7) is 2.18. The van der Waals surface area contributed by atoms with Crippen molar-refractivity contribution in [3.63, 3.8) is 0 Å². The topological polar surface area (TPSA) is 9.86 Å². The molecule has 0 spiro atoms. The van der Waals surface area contributed by atoms with Crippen LogP contribution >= 0.6 is 0 Å². The summed E-state index contributed by atoms with van der Waals surface area (Å²) in [6.07, 6.45) is 0. The second-order valence-electron chi connectivity index (χ2n) is 10.3. The molecule has 0 atom stereocenters. The largest absolute Gasteiger partial charge is 0.309 e. The summed E-state index contributed by atoms with van der Waals surface area (Å²) in [5.41, 5.74) is 11.0. The molecular formula is C37H26N2. The first-order valence-corrected chi connectivity index (χ1v) is 13.5. The molecular weight excluding hydrogens is 472 g/mol. The summed E-state index contributed by atoms with van der Waals surface area (Å²) >= 11 is 0. The molecule has 2 heterocycles. The molecule has 8 aromatic rings. The lowest BCUT2D eigenvalue weighted by Crippen LogP contribution is -1.96. The Labute approximate surface area is 227 Å². The molecule has 0 bridgehead atoms. The van der Waals surface area contributed by atoms with Crippen molar-refractivity contribution in [2.75, 3.05) is 0 Å². The molecule has 39 heavy (non-hydrogen) atoms. The fourth-order valence-electron chi connectivity index (χ4n) is 6.23. The maximum atomic E-state index is 2.40. The fraction of sp³-hybridized carbons (Fsp3) is 0.0270. The maximum Gasteiger partial charge on any atom is 0.0541 e. The molecule has 2 heteroatoms. The van der Waals surface area contributed by atoms with Crippen LogP contribution in [0, 0.1) is 6.92 Å². The zero-order valence-corrected chi connectivity index (χ0v) is 21.7. The lowest BCUT2D eigenvalue weighted by Gasteiger charge is -2.11. The van der Waals surface area contributed by atoms with Gasteiger partial charge in [-0.15, -0.1) is 0 Å². The summed E-state index contributed by atoms with van der Waals surface area (Å²) in [5.74, 6) is 0. The molecule has 0 saturated heterocycles. The van der Waals surface area contributed by atoms with Crippen LogP contribution in [0.5, 0.6) is 0 Å². The Kier molecular flexibility index (Phi) is 4.77. The molecule has 2 nitrogen and oxygen atoms in total. The number of fused-ring (bicyclic) bond motifs is 6. The van der Waals surface area contributed by atoms with Crippen LogP contribution < -0.4 is 0 Å². The molecule has 0 aliphatic rings. The third kappa shape index (κ3) is 3.28. The van der Waals surface area contributed by atoms with Gasteiger partial charge in [-0.1, -0.05) is 91.0 Å². The molecule has 2 aromatic heterocycles. The Hall–Kier alpha value is -5.08. The molecule has 0 aliphatic carbocycles. The van der Waals surface area contributed by atoms with Gasteiger partial charge in [0.2, 0.25) is 0 Å². The number of hydrogen-bond donors (Lipinski definition) is 0. The van der Waals surface area contributed by atoms with Gasteiger partial charge < -0.3 is 9.13 Å². The first kappa shape index (κ1) is 22.0. The molecule has 0 saturated carbocycles. The van der Waals surface area contributed by atoms with Gasteiger partial charge in [0.1, 0.15) is 0 Å². The summed E-state index contributed by atoms with van der Waals surface area (Å²) in [7, 11) is 0. The van der Waals surface area contributed by atoms with Gasteiger partial charge in [-0.2, -0.15) is 0 Å². The van der Waals surface area contributed by atoms with E-state index in [4.69, 9.17) is 0 Å². The van der Waals surface area contributed by atoms with Gasteiger partial charge in [0.15, 0.2) is 0 Å². The van der Waals surface area contributed by atoms with E-state index in [1.54, 1.807) is 0 Å². The predicted molar refractivity (Wildman–Crippen MR) is 165 cm³/mol. The Bertz CT molecular complexity index is 2120. The lowest BCUT2D eigenvalue weighted by atomic mass is 10.0. The summed E-state index contributed by atoms with van der Waals surface area (Å²) in [6, 6.07) is 50.5. The monoisotopic (exact) mass is 498 g/mol. The minimum absolute atomic E-state index is 1.17. The third-order valence-corrected chi connectivity index (χ3v) is 8.07. The zero-order chi connectivity index (χ0) is 25.9. The van der Waals surface area contributed by atoms with Crippen LogP contribution in [-0.4, -0.2) is 9.13 Å². The van der Waals surface area contributed by atoms with Gasteiger partial charge in [0.05, 0.1) is 22.1 Å². The van der Waals surface area contributed by atoms with E-state index in [0.717, 1.165) is 0 Å². The number of para-hydroxylation sites is 4. The van der Waals surface area contributed by atoms with Crippen LogP contribution in [0.25, 0.3) is 66.1 Å². The Morgan fingerprint density at radius 1 is 0.385 bits per heavy atom. The van der Waals surface area contributed by atoms with E-state index in [-0.39, 0.29) is 0 Å². The average molecular weight is 499 g/mol. The van der Waals surface area contributed by atoms with Crippen LogP contribution in [0.1, 0.15) is 5.56 Å². The molecule has 0 amide bonds. The zero-order valence-electron chi connectivity index (χ0n) is 21.7. The molecule has 184 valence electrons. The van der Waals surface area contributed by atoms with Gasteiger partial charge in [-0.25, -0.2) is 0 Å². The number of hydrogen-bond acceptors (Lipinski definition) is 0. The number of rotatable bonds is 3. The van der Waals surface area contributed by atoms with Crippen LogP contribution in [0.15, 0.2) is 140 Å². The van der Waals surface area contributed by atoms with Crippen LogP contribution in [0.2, 0.25) is 0 Å². The van der Waals surface area contributed by atoms with E-state index < -0.39 is 0 Å². The first-order chi connectivity index (χ1) is 19.3. The van der Waals surface area contributed by atoms with E-state index in [1.165, 1.54) is 71.7 Å². The minimum atomic E-state index is 1.17. The van der Waals surface area contributed by atoms with E-state index in [2.05, 4.69) is 156 Å². The Morgan fingerprint density at radius 2 is 0.872 bits per heavy atom. The van der Waals surface area contributed by atoms with Gasteiger partial charge in [-0.3, -0.25) is 0 Å². The fourth-order valence-corrected chi connectivity index (χ4v) is 6.23. The summed E-state index contributed by atoms with van der Waals surface area (Å²) in [4.78, 5) is 0. The molecule has 8 rings (SSSR count). The lowest BCUT2D eigenvalue weighted by molar-refractivity contribution is 1.15. The quantitative estimate of drug-likeness (QED) is 0.229. The Morgan fingerprint density at radius 3 is 1.51 bits per heavy atom. The Balaban J connectivity index is 1.28. The molecule has 0 fully saturated rings. The van der Waals surface area contributed by atoms with Crippen molar-refractivity contribution >= 4 is 43.6 Å². The third-order valence-electron chi connectivity index (χ3n) is 8.07. The van der Waals surface area contributed by atoms with Crippen molar-refractivity contribution in [3.05, 3.63) is 145 Å². The van der Waals surface area contributed by atoms with E-state index in [0.29, 0.717) is 0 Å². The van der Waals surface area contributed by atoms with Gasteiger partial charge in [0.25, 0.3) is 0 Å². The summed E-state index contributed by atoms with van der Waals surface area (Å²) in [5, 5.41) is 5.12. The number of aromatic nitrogens is 2. The van der Waals surface area contributed by atoms with E-state index >= 15 is 0 Å². The van der Waals surface area contributed by atoms with E-state index in [9.17, 15) is 0 Å². The number of benzene rings is 6. The van der Waals surface area contributed by atoms with E-state index in [1.807, 2.05) is 0 Å². The molecule has 0 radical (unpaired) electrons. The van der Waals surface area contributed by atoms with Crippen molar-refractivity contribution in [3.8, 4) is 22.5 Å². The highest BCUT2D eigenvalue weighted by molar-refractivity contribution is 6.11. The molecule has 0 N–H and O–H groups in total. The minimum Gasteiger partial charge on any atom is -0.309 e. The highest BCUT2D eigenvalue weighted by Gasteiger charge is 2.15.